The molecule has 2 aromatic heterocycles. The summed E-state index contributed by atoms with van der Waals surface area (Å²) in [4.78, 5) is 9.22. The molecule has 3 heterocycles. The summed E-state index contributed by atoms with van der Waals surface area (Å²) in [5.74, 6) is 2.62. The monoisotopic (exact) mass is 489 g/mol. The number of allylic oxidation sites excluding steroid dienone is 1. The van der Waals surface area contributed by atoms with Crippen LogP contribution in [0.15, 0.2) is 59.5 Å². The van der Waals surface area contributed by atoms with Crippen LogP contribution in [-0.2, 0) is 13.0 Å². The van der Waals surface area contributed by atoms with Gasteiger partial charge in [0, 0.05) is 23.6 Å². The Morgan fingerprint density at radius 1 is 1.19 bits per heavy atom. The zero-order valence-corrected chi connectivity index (χ0v) is 19.7. The number of halogens is 1. The zero-order chi connectivity index (χ0) is 22.1. The minimum Gasteiger partial charge on any atom is -0.495 e. The van der Waals surface area contributed by atoms with Crippen molar-refractivity contribution in [2.45, 2.75) is 32.7 Å². The van der Waals surface area contributed by atoms with Crippen LogP contribution in [0.25, 0.3) is 17.3 Å². The fourth-order valence-electron chi connectivity index (χ4n) is 4.09. The predicted molar refractivity (Wildman–Crippen MR) is 129 cm³/mol. The van der Waals surface area contributed by atoms with Gasteiger partial charge in [-0.2, -0.15) is 5.10 Å². The molecule has 7 heteroatoms. The SMILES string of the molecule is COc1cc(C=C2CCCn3nc(Cc4ccccc4Br)nc32)ccc1-n1cnc(C)c1. The van der Waals surface area contributed by atoms with Gasteiger partial charge in [-0.1, -0.05) is 40.2 Å². The Morgan fingerprint density at radius 2 is 2.06 bits per heavy atom. The summed E-state index contributed by atoms with van der Waals surface area (Å²) in [5, 5.41) is 4.78. The topological polar surface area (TPSA) is 57.8 Å². The number of nitrogens with zero attached hydrogens (tertiary/aromatic N) is 5. The predicted octanol–water partition coefficient (Wildman–Crippen LogP) is 5.47. The molecule has 0 saturated carbocycles. The molecule has 0 fully saturated rings. The molecule has 0 bridgehead atoms. The van der Waals surface area contributed by atoms with Crippen LogP contribution >= 0.6 is 15.9 Å². The Balaban J connectivity index is 1.46. The normalized spacial score (nSPS) is 14.5. The van der Waals surface area contributed by atoms with Crippen LogP contribution in [0.1, 0.15) is 41.3 Å². The van der Waals surface area contributed by atoms with Crippen molar-refractivity contribution >= 4 is 27.6 Å². The van der Waals surface area contributed by atoms with Gasteiger partial charge in [0.25, 0.3) is 0 Å². The van der Waals surface area contributed by atoms with Crippen molar-refractivity contribution < 1.29 is 4.74 Å². The maximum atomic E-state index is 5.67. The quantitative estimate of drug-likeness (QED) is 0.373. The lowest BCUT2D eigenvalue weighted by Crippen LogP contribution is -2.11. The van der Waals surface area contributed by atoms with Crippen LogP contribution in [0, 0.1) is 6.92 Å². The summed E-state index contributed by atoms with van der Waals surface area (Å²) in [6.45, 7) is 2.88. The molecule has 0 saturated heterocycles. The molecule has 162 valence electrons. The number of fused-ring (bicyclic) bond motifs is 1. The van der Waals surface area contributed by atoms with Crippen molar-refractivity contribution in [1.82, 2.24) is 24.3 Å². The van der Waals surface area contributed by atoms with Gasteiger partial charge in [0.2, 0.25) is 0 Å². The number of hydrogen-bond donors (Lipinski definition) is 0. The Kier molecular flexibility index (Phi) is 5.66. The number of aromatic nitrogens is 5. The molecule has 0 radical (unpaired) electrons. The summed E-state index contributed by atoms with van der Waals surface area (Å²) in [6.07, 6.45) is 8.75. The maximum absolute atomic E-state index is 5.67. The third-order valence-corrected chi connectivity index (χ3v) is 6.43. The molecule has 1 aliphatic heterocycles. The molecule has 6 nitrogen and oxygen atoms in total. The van der Waals surface area contributed by atoms with E-state index in [-0.39, 0.29) is 0 Å². The minimum absolute atomic E-state index is 0.710. The highest BCUT2D eigenvalue weighted by Crippen LogP contribution is 2.30. The molecule has 0 N–H and O–H groups in total. The van der Waals surface area contributed by atoms with Gasteiger partial charge in [0.15, 0.2) is 11.6 Å². The van der Waals surface area contributed by atoms with E-state index < -0.39 is 0 Å². The number of ether oxygens (including phenoxy) is 1. The molecule has 0 unspecified atom stereocenters. The summed E-state index contributed by atoms with van der Waals surface area (Å²) in [5.41, 5.74) is 5.42. The van der Waals surface area contributed by atoms with E-state index in [1.54, 1.807) is 7.11 Å². The molecule has 32 heavy (non-hydrogen) atoms. The third-order valence-electron chi connectivity index (χ3n) is 5.66. The van der Waals surface area contributed by atoms with Gasteiger partial charge in [-0.3, -0.25) is 0 Å². The molecule has 0 amide bonds. The molecule has 0 aliphatic carbocycles. The van der Waals surface area contributed by atoms with Crippen molar-refractivity contribution in [3.8, 4) is 11.4 Å². The third kappa shape index (κ3) is 4.12. The average molecular weight is 490 g/mol. The van der Waals surface area contributed by atoms with E-state index in [2.05, 4.69) is 57.3 Å². The van der Waals surface area contributed by atoms with Gasteiger partial charge in [0.1, 0.15) is 5.75 Å². The van der Waals surface area contributed by atoms with Crippen LogP contribution in [0.3, 0.4) is 0 Å². The number of imidazole rings is 1. The lowest BCUT2D eigenvalue weighted by Gasteiger charge is -2.16. The first-order valence-corrected chi connectivity index (χ1v) is 11.5. The second kappa shape index (κ2) is 8.74. The molecule has 1 aliphatic rings. The molecule has 0 atom stereocenters. The van der Waals surface area contributed by atoms with Crippen molar-refractivity contribution in [2.24, 2.45) is 0 Å². The van der Waals surface area contributed by atoms with Crippen LogP contribution in [0.4, 0.5) is 0 Å². The zero-order valence-electron chi connectivity index (χ0n) is 18.1. The highest BCUT2D eigenvalue weighted by molar-refractivity contribution is 9.10. The van der Waals surface area contributed by atoms with E-state index in [0.29, 0.717) is 6.42 Å². The minimum atomic E-state index is 0.710. The first-order chi connectivity index (χ1) is 15.6. The molecular weight excluding hydrogens is 466 g/mol. The Morgan fingerprint density at radius 3 is 2.84 bits per heavy atom. The van der Waals surface area contributed by atoms with E-state index in [4.69, 9.17) is 14.8 Å². The summed E-state index contributed by atoms with van der Waals surface area (Å²) in [7, 11) is 1.70. The Labute approximate surface area is 195 Å². The summed E-state index contributed by atoms with van der Waals surface area (Å²) < 4.78 is 10.8. The number of aryl methyl sites for hydroxylation is 2. The summed E-state index contributed by atoms with van der Waals surface area (Å²) in [6, 6.07) is 14.5. The number of rotatable bonds is 5. The standard InChI is InChI=1S/C25H24BrN5O/c1-17-15-30(16-27-17)22-10-9-18(13-23(22)32-2)12-20-7-5-11-31-25(20)28-24(29-31)14-19-6-3-4-8-21(19)26/h3-4,6,8-10,12-13,15-16H,5,7,11,14H2,1-2H3. The van der Waals surface area contributed by atoms with Crippen molar-refractivity contribution in [3.63, 3.8) is 0 Å². The van der Waals surface area contributed by atoms with E-state index >= 15 is 0 Å². The van der Waals surface area contributed by atoms with Gasteiger partial charge >= 0.3 is 0 Å². The lowest BCUT2D eigenvalue weighted by molar-refractivity contribution is 0.413. The molecule has 4 aromatic rings. The fourth-order valence-corrected chi connectivity index (χ4v) is 4.51. The van der Waals surface area contributed by atoms with Gasteiger partial charge < -0.3 is 9.30 Å². The fraction of sp³-hybridized carbons (Fsp3) is 0.240. The molecule has 5 rings (SSSR count). The van der Waals surface area contributed by atoms with Gasteiger partial charge in [-0.15, -0.1) is 0 Å². The van der Waals surface area contributed by atoms with Gasteiger partial charge in [-0.25, -0.2) is 14.6 Å². The van der Waals surface area contributed by atoms with E-state index in [1.807, 2.05) is 40.8 Å². The van der Waals surface area contributed by atoms with E-state index in [0.717, 1.165) is 58.2 Å². The molecule has 2 aromatic carbocycles. The summed E-state index contributed by atoms with van der Waals surface area (Å²) >= 11 is 3.63. The van der Waals surface area contributed by atoms with Crippen LogP contribution in [0.5, 0.6) is 5.75 Å². The first kappa shape index (κ1) is 20.7. The van der Waals surface area contributed by atoms with Gasteiger partial charge in [0.05, 0.1) is 24.8 Å². The lowest BCUT2D eigenvalue weighted by atomic mass is 10.0. The number of benzene rings is 2. The highest BCUT2D eigenvalue weighted by Gasteiger charge is 2.19. The smallest absolute Gasteiger partial charge is 0.155 e. The molecular formula is C25H24BrN5O. The van der Waals surface area contributed by atoms with Gasteiger partial charge in [-0.05, 0) is 60.7 Å². The maximum Gasteiger partial charge on any atom is 0.155 e. The highest BCUT2D eigenvalue weighted by atomic mass is 79.9. The second-order valence-corrected chi connectivity index (χ2v) is 8.82. The number of hydrogen-bond acceptors (Lipinski definition) is 4. The second-order valence-electron chi connectivity index (χ2n) is 7.97. The van der Waals surface area contributed by atoms with Crippen molar-refractivity contribution in [2.75, 3.05) is 7.11 Å². The van der Waals surface area contributed by atoms with Crippen LogP contribution in [-0.4, -0.2) is 31.4 Å². The van der Waals surface area contributed by atoms with Crippen molar-refractivity contribution in [3.05, 3.63) is 87.9 Å². The molecule has 0 spiro atoms. The average Bonchev–Trinajstić information content (AvgIpc) is 3.41. The van der Waals surface area contributed by atoms with Crippen LogP contribution < -0.4 is 4.74 Å². The Bertz CT molecular complexity index is 1300. The number of methoxy groups -OCH3 is 1. The van der Waals surface area contributed by atoms with Crippen LogP contribution in [0.2, 0.25) is 0 Å². The van der Waals surface area contributed by atoms with E-state index in [1.165, 1.54) is 11.1 Å². The van der Waals surface area contributed by atoms with E-state index in [9.17, 15) is 0 Å². The largest absolute Gasteiger partial charge is 0.495 e. The Hall–Kier alpha value is -3.19. The van der Waals surface area contributed by atoms with Crippen molar-refractivity contribution in [1.29, 1.82) is 0 Å². The first-order valence-electron chi connectivity index (χ1n) is 10.7.